The summed E-state index contributed by atoms with van der Waals surface area (Å²) in [6.07, 6.45) is 1.28. The molecule has 8 heteroatoms. The van der Waals surface area contributed by atoms with E-state index in [4.69, 9.17) is 16.0 Å². The van der Waals surface area contributed by atoms with Crippen LogP contribution in [0.4, 0.5) is 10.5 Å². The molecule has 0 radical (unpaired) electrons. The second kappa shape index (κ2) is 6.02. The van der Waals surface area contributed by atoms with E-state index in [9.17, 15) is 14.4 Å². The molecule has 0 saturated carbocycles. The van der Waals surface area contributed by atoms with Crippen LogP contribution in [-0.2, 0) is 9.59 Å². The highest BCUT2D eigenvalue weighted by Gasteiger charge is 2.36. The standard InChI is InChI=1S/C15H8BrClN2O4/c16-12-6-5-10(23-12)7-11-13(20)18-15(22)19(14(11)21)9-3-1-8(17)2-4-9/h1-7H,(H,18,20,22). The molecule has 0 bridgehead atoms. The van der Waals surface area contributed by atoms with E-state index >= 15 is 0 Å². The number of barbiturate groups is 1. The maximum Gasteiger partial charge on any atom is 0.335 e. The molecule has 1 aromatic carbocycles. The predicted molar refractivity (Wildman–Crippen MR) is 86.9 cm³/mol. The van der Waals surface area contributed by atoms with E-state index in [-0.39, 0.29) is 5.57 Å². The third-order valence-electron chi connectivity index (χ3n) is 3.07. The van der Waals surface area contributed by atoms with Gasteiger partial charge in [-0.2, -0.15) is 0 Å². The summed E-state index contributed by atoms with van der Waals surface area (Å²) in [5.74, 6) is -1.22. The fraction of sp³-hybridized carbons (Fsp3) is 0. The minimum atomic E-state index is -0.819. The summed E-state index contributed by atoms with van der Waals surface area (Å²) in [5, 5.41) is 2.59. The average Bonchev–Trinajstić information content (AvgIpc) is 2.91. The second-order valence-electron chi connectivity index (χ2n) is 4.58. The number of nitrogens with one attached hydrogen (secondary N) is 1. The van der Waals surface area contributed by atoms with Crippen molar-refractivity contribution in [2.24, 2.45) is 0 Å². The first-order valence-corrected chi connectivity index (χ1v) is 7.55. The van der Waals surface area contributed by atoms with Crippen LogP contribution in [0.15, 0.2) is 51.1 Å². The lowest BCUT2D eigenvalue weighted by Crippen LogP contribution is -2.54. The number of benzene rings is 1. The number of hydrogen-bond donors (Lipinski definition) is 1. The molecule has 1 aliphatic heterocycles. The summed E-state index contributed by atoms with van der Waals surface area (Å²) in [4.78, 5) is 37.3. The van der Waals surface area contributed by atoms with E-state index in [1.165, 1.54) is 18.2 Å². The molecule has 4 amide bonds. The van der Waals surface area contributed by atoms with Gasteiger partial charge in [0.05, 0.1) is 5.69 Å². The average molecular weight is 396 g/mol. The van der Waals surface area contributed by atoms with Crippen molar-refractivity contribution in [3.05, 3.63) is 57.4 Å². The Bertz CT molecular complexity index is 841. The Morgan fingerprint density at radius 2 is 1.78 bits per heavy atom. The van der Waals surface area contributed by atoms with Crippen molar-refractivity contribution < 1.29 is 18.8 Å². The van der Waals surface area contributed by atoms with E-state index in [0.717, 1.165) is 4.90 Å². The van der Waals surface area contributed by atoms with Crippen LogP contribution < -0.4 is 10.2 Å². The summed E-state index contributed by atoms with van der Waals surface area (Å²) in [6, 6.07) is 8.50. The number of nitrogens with zero attached hydrogens (tertiary/aromatic N) is 1. The number of furan rings is 1. The largest absolute Gasteiger partial charge is 0.450 e. The normalized spacial score (nSPS) is 16.9. The number of halogens is 2. The molecule has 2 heterocycles. The highest BCUT2D eigenvalue weighted by Crippen LogP contribution is 2.24. The van der Waals surface area contributed by atoms with Crippen molar-refractivity contribution in [1.82, 2.24) is 5.32 Å². The topological polar surface area (TPSA) is 79.6 Å². The SMILES string of the molecule is O=C1NC(=O)N(c2ccc(Cl)cc2)C(=O)C1=Cc1ccc(Br)o1. The van der Waals surface area contributed by atoms with Crippen LogP contribution >= 0.6 is 27.5 Å². The van der Waals surface area contributed by atoms with E-state index in [1.807, 2.05) is 0 Å². The van der Waals surface area contributed by atoms with Crippen LogP contribution in [0.1, 0.15) is 5.76 Å². The summed E-state index contributed by atoms with van der Waals surface area (Å²) < 4.78 is 5.71. The third kappa shape index (κ3) is 3.06. The Morgan fingerprint density at radius 1 is 1.09 bits per heavy atom. The third-order valence-corrected chi connectivity index (χ3v) is 3.75. The van der Waals surface area contributed by atoms with Crippen LogP contribution in [0.3, 0.4) is 0 Å². The summed E-state index contributed by atoms with van der Waals surface area (Å²) >= 11 is 8.93. The van der Waals surface area contributed by atoms with Crippen molar-refractivity contribution in [2.75, 3.05) is 4.90 Å². The maximum absolute atomic E-state index is 12.5. The molecule has 1 N–H and O–H groups in total. The van der Waals surface area contributed by atoms with Gasteiger partial charge < -0.3 is 4.42 Å². The Morgan fingerprint density at radius 3 is 2.39 bits per heavy atom. The number of carbonyl (C=O) groups excluding carboxylic acids is 3. The molecule has 1 fully saturated rings. The zero-order valence-corrected chi connectivity index (χ0v) is 13.7. The zero-order valence-electron chi connectivity index (χ0n) is 11.4. The molecule has 0 spiro atoms. The lowest BCUT2D eigenvalue weighted by atomic mass is 10.1. The monoisotopic (exact) mass is 394 g/mol. The number of imide groups is 2. The Balaban J connectivity index is 2.00. The molecule has 116 valence electrons. The molecular formula is C15H8BrClN2O4. The van der Waals surface area contributed by atoms with Crippen molar-refractivity contribution >= 4 is 57.1 Å². The molecule has 6 nitrogen and oxygen atoms in total. The smallest absolute Gasteiger partial charge is 0.335 e. The first-order chi connectivity index (χ1) is 11.0. The minimum absolute atomic E-state index is 0.207. The van der Waals surface area contributed by atoms with Crippen LogP contribution in [0.5, 0.6) is 0 Å². The van der Waals surface area contributed by atoms with Gasteiger partial charge in [0.25, 0.3) is 11.8 Å². The molecule has 1 aromatic heterocycles. The maximum atomic E-state index is 12.5. The molecule has 3 rings (SSSR count). The molecule has 0 atom stereocenters. The van der Waals surface area contributed by atoms with Crippen molar-refractivity contribution in [1.29, 1.82) is 0 Å². The van der Waals surface area contributed by atoms with Gasteiger partial charge in [-0.1, -0.05) is 11.6 Å². The molecule has 0 unspecified atom stereocenters. The fourth-order valence-corrected chi connectivity index (χ4v) is 2.48. The number of amides is 4. The first kappa shape index (κ1) is 15.5. The highest BCUT2D eigenvalue weighted by atomic mass is 79.9. The predicted octanol–water partition coefficient (Wildman–Crippen LogP) is 3.36. The van der Waals surface area contributed by atoms with E-state index in [2.05, 4.69) is 21.2 Å². The number of rotatable bonds is 2. The molecule has 2 aromatic rings. The lowest BCUT2D eigenvalue weighted by molar-refractivity contribution is -0.122. The number of carbonyl (C=O) groups is 3. The van der Waals surface area contributed by atoms with Crippen molar-refractivity contribution in [3.8, 4) is 0 Å². The van der Waals surface area contributed by atoms with Gasteiger partial charge >= 0.3 is 6.03 Å². The van der Waals surface area contributed by atoms with Crippen molar-refractivity contribution in [2.45, 2.75) is 0 Å². The summed E-state index contributed by atoms with van der Waals surface area (Å²) in [7, 11) is 0. The fourth-order valence-electron chi connectivity index (χ4n) is 2.03. The zero-order chi connectivity index (χ0) is 16.6. The van der Waals surface area contributed by atoms with Gasteiger partial charge in [-0.15, -0.1) is 0 Å². The van der Waals surface area contributed by atoms with Gasteiger partial charge in [0.15, 0.2) is 4.67 Å². The van der Waals surface area contributed by atoms with Gasteiger partial charge in [-0.05, 0) is 58.4 Å². The van der Waals surface area contributed by atoms with Gasteiger partial charge in [-0.3, -0.25) is 14.9 Å². The van der Waals surface area contributed by atoms with E-state index < -0.39 is 17.8 Å². The number of anilines is 1. The minimum Gasteiger partial charge on any atom is -0.450 e. The number of hydrogen-bond acceptors (Lipinski definition) is 4. The van der Waals surface area contributed by atoms with Crippen molar-refractivity contribution in [3.63, 3.8) is 0 Å². The Hall–Kier alpha value is -2.38. The molecule has 23 heavy (non-hydrogen) atoms. The van der Waals surface area contributed by atoms with Gasteiger partial charge in [0.1, 0.15) is 11.3 Å². The van der Waals surface area contributed by atoms with Crippen LogP contribution in [0.25, 0.3) is 6.08 Å². The first-order valence-electron chi connectivity index (χ1n) is 6.38. The number of urea groups is 1. The Kier molecular flexibility index (Phi) is 4.06. The van der Waals surface area contributed by atoms with Crippen LogP contribution in [0, 0.1) is 0 Å². The Labute approximate surface area is 143 Å². The van der Waals surface area contributed by atoms with Gasteiger partial charge in [0, 0.05) is 5.02 Å². The lowest BCUT2D eigenvalue weighted by Gasteiger charge is -2.26. The van der Waals surface area contributed by atoms with E-state index in [1.54, 1.807) is 24.3 Å². The van der Waals surface area contributed by atoms with Gasteiger partial charge in [0.2, 0.25) is 0 Å². The molecular weight excluding hydrogens is 388 g/mol. The quantitative estimate of drug-likeness (QED) is 0.624. The summed E-state index contributed by atoms with van der Waals surface area (Å²) in [6.45, 7) is 0. The van der Waals surface area contributed by atoms with E-state index in [0.29, 0.717) is 21.1 Å². The molecule has 1 saturated heterocycles. The second-order valence-corrected chi connectivity index (χ2v) is 5.79. The summed E-state index contributed by atoms with van der Waals surface area (Å²) in [5.41, 5.74) is 0.0947. The molecule has 1 aliphatic rings. The van der Waals surface area contributed by atoms with Crippen LogP contribution in [0.2, 0.25) is 5.02 Å². The van der Waals surface area contributed by atoms with Crippen LogP contribution in [-0.4, -0.2) is 17.8 Å². The highest BCUT2D eigenvalue weighted by molar-refractivity contribution is 9.10. The van der Waals surface area contributed by atoms with Gasteiger partial charge in [-0.25, -0.2) is 9.69 Å². The molecule has 0 aliphatic carbocycles.